The molecule has 48 heavy (non-hydrogen) atoms. The summed E-state index contributed by atoms with van der Waals surface area (Å²) < 4.78 is 7.12. The Balaban J connectivity index is 1.20. The maximum atomic E-state index is 14.2. The fourth-order valence-electron chi connectivity index (χ4n) is 6.82. The number of nitrogens with one attached hydrogen (secondary N) is 1. The number of benzene rings is 3. The molecule has 3 amide bonds. The maximum absolute atomic E-state index is 14.2. The van der Waals surface area contributed by atoms with Crippen molar-refractivity contribution in [1.29, 1.82) is 0 Å². The highest BCUT2D eigenvalue weighted by atomic mass is 16.5. The number of para-hydroxylation sites is 1. The lowest BCUT2D eigenvalue weighted by Crippen LogP contribution is -2.60. The van der Waals surface area contributed by atoms with Crippen LogP contribution in [0.2, 0.25) is 0 Å². The first-order chi connectivity index (χ1) is 23.3. The lowest BCUT2D eigenvalue weighted by Gasteiger charge is -2.44. The highest BCUT2D eigenvalue weighted by molar-refractivity contribution is 5.94. The van der Waals surface area contributed by atoms with E-state index >= 15 is 0 Å². The number of carbonyl (C=O) groups is 3. The van der Waals surface area contributed by atoms with Crippen LogP contribution in [-0.2, 0) is 40.8 Å². The minimum Gasteiger partial charge on any atom is -0.497 e. The van der Waals surface area contributed by atoms with Crippen LogP contribution in [-0.4, -0.2) is 81.6 Å². The number of anilines is 1. The van der Waals surface area contributed by atoms with Crippen LogP contribution in [0, 0.1) is 0 Å². The Bertz CT molecular complexity index is 1700. The predicted molar refractivity (Wildman–Crippen MR) is 183 cm³/mol. The van der Waals surface area contributed by atoms with Crippen LogP contribution in [0.3, 0.4) is 0 Å². The van der Waals surface area contributed by atoms with Crippen molar-refractivity contribution in [2.75, 3.05) is 31.8 Å². The summed E-state index contributed by atoms with van der Waals surface area (Å²) in [7, 11) is 3.45. The van der Waals surface area contributed by atoms with E-state index in [4.69, 9.17) is 10.5 Å². The molecule has 3 heterocycles. The van der Waals surface area contributed by atoms with Gasteiger partial charge in [-0.25, -0.2) is 4.98 Å². The van der Waals surface area contributed by atoms with E-state index in [0.717, 1.165) is 22.5 Å². The summed E-state index contributed by atoms with van der Waals surface area (Å²) in [6.45, 7) is 1.74. The number of piperidine rings is 1. The topological polar surface area (TPSA) is 126 Å². The molecule has 6 rings (SSSR count). The number of aryl methyl sites for hydroxylation is 1. The average Bonchev–Trinajstić information content (AvgIpc) is 3.64. The second-order valence-electron chi connectivity index (χ2n) is 12.7. The molecule has 0 unspecified atom stereocenters. The van der Waals surface area contributed by atoms with Gasteiger partial charge in [0.25, 0.3) is 0 Å². The molecule has 2 aliphatic rings. The van der Waals surface area contributed by atoms with Crippen LogP contribution in [0.15, 0.2) is 97.5 Å². The van der Waals surface area contributed by atoms with Crippen molar-refractivity contribution in [2.24, 2.45) is 12.8 Å². The number of carbonyl (C=O) groups excluding carboxylic acids is 3. The minimum absolute atomic E-state index is 0.0755. The largest absolute Gasteiger partial charge is 0.497 e. The number of methoxy groups -OCH3 is 1. The summed E-state index contributed by atoms with van der Waals surface area (Å²) in [4.78, 5) is 51.9. The van der Waals surface area contributed by atoms with Gasteiger partial charge in [-0.3, -0.25) is 14.4 Å². The highest BCUT2D eigenvalue weighted by Gasteiger charge is 2.54. The third-order valence-corrected chi connectivity index (χ3v) is 9.60. The van der Waals surface area contributed by atoms with Gasteiger partial charge < -0.3 is 35.1 Å². The van der Waals surface area contributed by atoms with Gasteiger partial charge in [-0.2, -0.15) is 0 Å². The Morgan fingerprint density at radius 3 is 2.23 bits per heavy atom. The molecule has 1 aromatic heterocycles. The number of ether oxygens (including phenoxy) is 1. The third kappa shape index (κ3) is 6.91. The number of nitrogens with two attached hydrogens (primary N) is 1. The van der Waals surface area contributed by atoms with Crippen molar-refractivity contribution in [3.63, 3.8) is 0 Å². The Morgan fingerprint density at radius 2 is 1.60 bits per heavy atom. The molecule has 4 aromatic rings. The monoisotopic (exact) mass is 649 g/mol. The molecule has 11 heteroatoms. The second-order valence-corrected chi connectivity index (χ2v) is 12.7. The van der Waals surface area contributed by atoms with E-state index in [1.54, 1.807) is 24.5 Å². The molecule has 0 saturated carbocycles. The number of rotatable bonds is 11. The average molecular weight is 650 g/mol. The molecule has 0 aliphatic carbocycles. The van der Waals surface area contributed by atoms with Gasteiger partial charge >= 0.3 is 0 Å². The third-order valence-electron chi connectivity index (χ3n) is 9.60. The number of amides is 3. The molecule has 1 spiro atoms. The normalized spacial score (nSPS) is 17.0. The molecule has 2 aliphatic heterocycles. The Morgan fingerprint density at radius 1 is 0.938 bits per heavy atom. The minimum atomic E-state index is -0.859. The number of nitrogens with zero attached hydrogens (tertiary/aromatic N) is 5. The highest BCUT2D eigenvalue weighted by Crippen LogP contribution is 2.40. The summed E-state index contributed by atoms with van der Waals surface area (Å²) in [5.74, 6) is 0.177. The molecule has 0 bridgehead atoms. The molecule has 3 aromatic carbocycles. The lowest BCUT2D eigenvalue weighted by molar-refractivity contribution is -0.141. The summed E-state index contributed by atoms with van der Waals surface area (Å²) in [5.41, 5.74) is 9.30. The van der Waals surface area contributed by atoms with Crippen molar-refractivity contribution in [1.82, 2.24) is 24.7 Å². The zero-order chi connectivity index (χ0) is 33.7. The Hall–Kier alpha value is -5.16. The van der Waals surface area contributed by atoms with Crippen LogP contribution in [0.25, 0.3) is 0 Å². The number of hydrogen-bond acceptors (Lipinski definition) is 7. The lowest BCUT2D eigenvalue weighted by atomic mass is 9.85. The van der Waals surface area contributed by atoms with Gasteiger partial charge in [-0.05, 0) is 48.2 Å². The maximum Gasteiger partial charge on any atom is 0.250 e. The van der Waals surface area contributed by atoms with Gasteiger partial charge in [0, 0.05) is 57.1 Å². The molecule has 2 saturated heterocycles. The number of hydrogen-bond donors (Lipinski definition) is 2. The van der Waals surface area contributed by atoms with Crippen LogP contribution in [0.5, 0.6) is 5.75 Å². The zero-order valence-electron chi connectivity index (χ0n) is 27.5. The molecular weight excluding hydrogens is 606 g/mol. The second kappa shape index (κ2) is 14.3. The Labute approximate surface area is 281 Å². The van der Waals surface area contributed by atoms with Crippen molar-refractivity contribution < 1.29 is 19.1 Å². The van der Waals surface area contributed by atoms with E-state index in [1.807, 2.05) is 101 Å². The first kappa shape index (κ1) is 32.8. The zero-order valence-corrected chi connectivity index (χ0v) is 27.5. The standard InChI is InChI=1S/C37H43N7O4/c1-41-25-39-23-30(41)22-32(38)34(45)40-33(21-27-13-15-31(48-2)16-14-27)35(46)42-19-17-37(18-20-42)36(47)43(24-28-9-5-3-6-10-28)26-44(37)29-11-7-4-8-12-29/h3-16,23,25,32-33H,17-22,24,26,38H2,1-2H3,(H,40,45)/t32-,33+/m0/s1. The van der Waals surface area contributed by atoms with Gasteiger partial charge in [-0.1, -0.05) is 60.7 Å². The van der Waals surface area contributed by atoms with E-state index in [1.165, 1.54) is 0 Å². The van der Waals surface area contributed by atoms with Crippen molar-refractivity contribution >= 4 is 23.4 Å². The van der Waals surface area contributed by atoms with Gasteiger partial charge in [0.1, 0.15) is 17.3 Å². The summed E-state index contributed by atoms with van der Waals surface area (Å²) >= 11 is 0. The van der Waals surface area contributed by atoms with Gasteiger partial charge in [0.2, 0.25) is 17.7 Å². The van der Waals surface area contributed by atoms with E-state index in [2.05, 4.69) is 15.2 Å². The molecule has 250 valence electrons. The van der Waals surface area contributed by atoms with Crippen LogP contribution < -0.4 is 20.7 Å². The van der Waals surface area contributed by atoms with Crippen molar-refractivity contribution in [3.8, 4) is 5.75 Å². The van der Waals surface area contributed by atoms with Gasteiger partial charge in [0.15, 0.2) is 0 Å². The quantitative estimate of drug-likeness (QED) is 0.256. The molecule has 2 atom stereocenters. The van der Waals surface area contributed by atoms with Crippen LogP contribution in [0.1, 0.15) is 29.7 Å². The van der Waals surface area contributed by atoms with Gasteiger partial charge in [-0.15, -0.1) is 0 Å². The van der Waals surface area contributed by atoms with Crippen LogP contribution >= 0.6 is 0 Å². The summed E-state index contributed by atoms with van der Waals surface area (Å²) in [6, 6.07) is 25.8. The predicted octanol–water partition coefficient (Wildman–Crippen LogP) is 2.89. The molecule has 2 fully saturated rings. The molecule has 11 nitrogen and oxygen atoms in total. The van der Waals surface area contributed by atoms with Gasteiger partial charge in [0.05, 0.1) is 26.1 Å². The summed E-state index contributed by atoms with van der Waals surface area (Å²) in [5, 5.41) is 2.96. The SMILES string of the molecule is COc1ccc(C[C@@H](NC(=O)[C@@H](N)Cc2cncn2C)C(=O)N2CCC3(CC2)C(=O)N(Cc2ccccc2)CN3c2ccccc2)cc1. The smallest absolute Gasteiger partial charge is 0.250 e. The molecule has 3 N–H and O–H groups in total. The van der Waals surface area contributed by atoms with Crippen molar-refractivity contribution in [3.05, 3.63) is 114 Å². The summed E-state index contributed by atoms with van der Waals surface area (Å²) in [6.07, 6.45) is 4.86. The molecule has 0 radical (unpaired) electrons. The van der Waals surface area contributed by atoms with Crippen molar-refractivity contribution in [2.45, 2.75) is 49.9 Å². The first-order valence-corrected chi connectivity index (χ1v) is 16.4. The van der Waals surface area contributed by atoms with E-state index in [0.29, 0.717) is 44.9 Å². The van der Waals surface area contributed by atoms with Crippen LogP contribution in [0.4, 0.5) is 5.69 Å². The first-order valence-electron chi connectivity index (χ1n) is 16.4. The van der Waals surface area contributed by atoms with E-state index in [-0.39, 0.29) is 24.7 Å². The van der Waals surface area contributed by atoms with E-state index in [9.17, 15) is 14.4 Å². The Kier molecular flexibility index (Phi) is 9.77. The van der Waals surface area contributed by atoms with E-state index < -0.39 is 23.5 Å². The fourth-order valence-corrected chi connectivity index (χ4v) is 6.82. The fraction of sp³-hybridized carbons (Fsp3) is 0.351. The number of aromatic nitrogens is 2. The molecular formula is C37H43N7O4. The number of imidazole rings is 1. The number of likely N-dealkylation sites (tertiary alicyclic amines) is 1.